The fourth-order valence-electron chi connectivity index (χ4n) is 3.07. The molecule has 0 unspecified atom stereocenters. The molecule has 1 saturated heterocycles. The molecule has 4 nitrogen and oxygen atoms in total. The van der Waals surface area contributed by atoms with Crippen LogP contribution in [0.15, 0.2) is 4.99 Å². The minimum Gasteiger partial charge on any atom is -0.356 e. The van der Waals surface area contributed by atoms with Crippen molar-refractivity contribution in [2.75, 3.05) is 33.2 Å². The molecule has 2 aliphatic rings. The third kappa shape index (κ3) is 7.99. The molecule has 0 aromatic carbocycles. The van der Waals surface area contributed by atoms with Crippen molar-refractivity contribution in [3.63, 3.8) is 0 Å². The van der Waals surface area contributed by atoms with Gasteiger partial charge in [-0.1, -0.05) is 26.2 Å². The maximum atomic E-state index is 4.36. The predicted octanol–water partition coefficient (Wildman–Crippen LogP) is 3.22. The Morgan fingerprint density at radius 1 is 1.14 bits per heavy atom. The second kappa shape index (κ2) is 11.5. The van der Waals surface area contributed by atoms with Gasteiger partial charge in [0.25, 0.3) is 0 Å². The lowest BCUT2D eigenvalue weighted by Crippen LogP contribution is -2.48. The fourth-order valence-corrected chi connectivity index (χ4v) is 3.07. The van der Waals surface area contributed by atoms with Crippen molar-refractivity contribution < 1.29 is 0 Å². The predicted molar refractivity (Wildman–Crippen MR) is 106 cm³/mol. The van der Waals surface area contributed by atoms with E-state index in [0.29, 0.717) is 6.04 Å². The number of aliphatic imine (C=N–C) groups is 1. The second-order valence-corrected chi connectivity index (χ2v) is 6.70. The van der Waals surface area contributed by atoms with E-state index in [4.69, 9.17) is 0 Å². The van der Waals surface area contributed by atoms with Crippen molar-refractivity contribution in [2.45, 2.75) is 64.3 Å². The monoisotopic (exact) mass is 422 g/mol. The zero-order valence-corrected chi connectivity index (χ0v) is 16.8. The number of halogens is 1. The first-order valence-electron chi connectivity index (χ1n) is 9.01. The number of hydrogen-bond donors (Lipinski definition) is 2. The van der Waals surface area contributed by atoms with Gasteiger partial charge in [-0.15, -0.1) is 24.0 Å². The molecule has 0 atom stereocenters. The van der Waals surface area contributed by atoms with Crippen LogP contribution in [0.4, 0.5) is 0 Å². The van der Waals surface area contributed by atoms with Crippen LogP contribution in [-0.4, -0.2) is 50.1 Å². The van der Waals surface area contributed by atoms with E-state index < -0.39 is 0 Å². The first-order chi connectivity index (χ1) is 10.3. The van der Waals surface area contributed by atoms with Gasteiger partial charge in [0.1, 0.15) is 0 Å². The third-order valence-corrected chi connectivity index (χ3v) is 4.76. The molecule has 5 heteroatoms. The molecule has 0 aromatic rings. The molecule has 2 fully saturated rings. The lowest BCUT2D eigenvalue weighted by Gasteiger charge is -2.33. The lowest BCUT2D eigenvalue weighted by atomic mass is 10.0. The average Bonchev–Trinajstić information content (AvgIpc) is 3.33. The number of guanidine groups is 1. The highest BCUT2D eigenvalue weighted by atomic mass is 127. The van der Waals surface area contributed by atoms with Crippen molar-refractivity contribution in [1.29, 1.82) is 0 Å². The van der Waals surface area contributed by atoms with Crippen LogP contribution in [0, 0.1) is 5.92 Å². The zero-order valence-electron chi connectivity index (χ0n) is 14.4. The largest absolute Gasteiger partial charge is 0.356 e. The van der Waals surface area contributed by atoms with E-state index in [1.54, 1.807) is 0 Å². The van der Waals surface area contributed by atoms with Gasteiger partial charge in [0, 0.05) is 32.7 Å². The molecular formula is C17H35IN4. The molecule has 0 radical (unpaired) electrons. The van der Waals surface area contributed by atoms with Crippen molar-refractivity contribution >= 4 is 29.9 Å². The summed E-state index contributed by atoms with van der Waals surface area (Å²) in [7, 11) is 1.88. The van der Waals surface area contributed by atoms with Crippen LogP contribution in [0.25, 0.3) is 0 Å². The van der Waals surface area contributed by atoms with Gasteiger partial charge in [-0.3, -0.25) is 4.99 Å². The maximum Gasteiger partial charge on any atom is 0.191 e. The Morgan fingerprint density at radius 2 is 1.86 bits per heavy atom. The Hall–Kier alpha value is -0.0400. The second-order valence-electron chi connectivity index (χ2n) is 6.70. The first kappa shape index (κ1) is 20.0. The smallest absolute Gasteiger partial charge is 0.191 e. The van der Waals surface area contributed by atoms with Crippen LogP contribution in [0.2, 0.25) is 0 Å². The average molecular weight is 422 g/mol. The zero-order chi connectivity index (χ0) is 14.9. The molecule has 0 amide bonds. The van der Waals surface area contributed by atoms with Gasteiger partial charge in [0.2, 0.25) is 0 Å². The number of unbranched alkanes of at least 4 members (excludes halogenated alkanes) is 1. The van der Waals surface area contributed by atoms with E-state index in [0.717, 1.165) is 18.4 Å². The molecule has 130 valence electrons. The van der Waals surface area contributed by atoms with Gasteiger partial charge in [0.05, 0.1) is 0 Å². The Kier molecular flexibility index (Phi) is 10.4. The van der Waals surface area contributed by atoms with Gasteiger partial charge in [-0.25, -0.2) is 0 Å². The molecule has 1 aliphatic heterocycles. The number of rotatable bonds is 8. The molecule has 0 aromatic heterocycles. The minimum absolute atomic E-state index is 0. The van der Waals surface area contributed by atoms with Crippen molar-refractivity contribution in [2.24, 2.45) is 10.9 Å². The van der Waals surface area contributed by atoms with E-state index in [9.17, 15) is 0 Å². The van der Waals surface area contributed by atoms with E-state index in [-0.39, 0.29) is 24.0 Å². The standard InChI is InChI=1S/C17H34N4.HI/c1-3-4-12-21-13-9-16(10-14-21)20-17(18-2)19-11-5-6-15-7-8-15;/h15-16H,3-14H2,1-2H3,(H2,18,19,20);1H. The van der Waals surface area contributed by atoms with Gasteiger partial charge in [-0.05, 0) is 44.6 Å². The van der Waals surface area contributed by atoms with Gasteiger partial charge in [0.15, 0.2) is 5.96 Å². The quantitative estimate of drug-likeness (QED) is 0.273. The lowest BCUT2D eigenvalue weighted by molar-refractivity contribution is 0.203. The summed E-state index contributed by atoms with van der Waals surface area (Å²) < 4.78 is 0. The van der Waals surface area contributed by atoms with Crippen LogP contribution in [0.1, 0.15) is 58.3 Å². The maximum absolute atomic E-state index is 4.36. The van der Waals surface area contributed by atoms with Crippen LogP contribution < -0.4 is 10.6 Å². The molecule has 2 rings (SSSR count). The van der Waals surface area contributed by atoms with Gasteiger partial charge in [-0.2, -0.15) is 0 Å². The highest BCUT2D eigenvalue weighted by Crippen LogP contribution is 2.33. The van der Waals surface area contributed by atoms with E-state index >= 15 is 0 Å². The number of likely N-dealkylation sites (tertiary alicyclic amines) is 1. The molecule has 1 saturated carbocycles. The number of nitrogens with zero attached hydrogens (tertiary/aromatic N) is 2. The van der Waals surface area contributed by atoms with Crippen molar-refractivity contribution in [3.05, 3.63) is 0 Å². The SMILES string of the molecule is CCCCN1CCC(NC(=NC)NCCCC2CC2)CC1.I. The normalized spacial score (nSPS) is 20.5. The summed E-state index contributed by atoms with van der Waals surface area (Å²) in [5.41, 5.74) is 0. The molecule has 22 heavy (non-hydrogen) atoms. The minimum atomic E-state index is 0. The summed E-state index contributed by atoms with van der Waals surface area (Å²) in [4.78, 5) is 6.97. The summed E-state index contributed by atoms with van der Waals surface area (Å²) in [6.07, 6.45) is 10.7. The Balaban J connectivity index is 0.00000242. The van der Waals surface area contributed by atoms with Gasteiger partial charge >= 0.3 is 0 Å². The molecule has 0 spiro atoms. The Morgan fingerprint density at radius 3 is 2.45 bits per heavy atom. The Bertz CT molecular complexity index is 310. The summed E-state index contributed by atoms with van der Waals surface area (Å²) >= 11 is 0. The van der Waals surface area contributed by atoms with E-state index in [1.807, 2.05) is 7.05 Å². The number of hydrogen-bond acceptors (Lipinski definition) is 2. The number of nitrogens with one attached hydrogen (secondary N) is 2. The molecular weight excluding hydrogens is 387 g/mol. The van der Waals surface area contributed by atoms with Crippen LogP contribution in [0.5, 0.6) is 0 Å². The van der Waals surface area contributed by atoms with E-state index in [1.165, 1.54) is 71.0 Å². The van der Waals surface area contributed by atoms with Crippen molar-refractivity contribution in [3.8, 4) is 0 Å². The molecule has 1 aliphatic carbocycles. The molecule has 0 bridgehead atoms. The van der Waals surface area contributed by atoms with Crippen LogP contribution in [-0.2, 0) is 0 Å². The summed E-state index contributed by atoms with van der Waals surface area (Å²) in [5, 5.41) is 7.07. The summed E-state index contributed by atoms with van der Waals surface area (Å²) in [5.74, 6) is 2.03. The molecule has 2 N–H and O–H groups in total. The topological polar surface area (TPSA) is 39.7 Å². The Labute approximate surface area is 153 Å². The summed E-state index contributed by atoms with van der Waals surface area (Å²) in [6, 6.07) is 0.595. The highest BCUT2D eigenvalue weighted by Gasteiger charge is 2.21. The van der Waals surface area contributed by atoms with Crippen LogP contribution >= 0.6 is 24.0 Å². The summed E-state index contributed by atoms with van der Waals surface area (Å²) in [6.45, 7) is 7.07. The molecule has 1 heterocycles. The number of piperidine rings is 1. The van der Waals surface area contributed by atoms with Crippen molar-refractivity contribution in [1.82, 2.24) is 15.5 Å². The van der Waals surface area contributed by atoms with E-state index in [2.05, 4.69) is 27.4 Å². The first-order valence-corrected chi connectivity index (χ1v) is 9.01. The fraction of sp³-hybridized carbons (Fsp3) is 0.941. The third-order valence-electron chi connectivity index (χ3n) is 4.76. The van der Waals surface area contributed by atoms with Crippen LogP contribution in [0.3, 0.4) is 0 Å². The van der Waals surface area contributed by atoms with Gasteiger partial charge < -0.3 is 15.5 Å². The highest BCUT2D eigenvalue weighted by molar-refractivity contribution is 14.0.